The third-order valence-electron chi connectivity index (χ3n) is 7.65. The number of carbonyl (C=O) groups is 1. The Morgan fingerprint density at radius 2 is 1.46 bits per heavy atom. The normalized spacial score (nSPS) is 16.1. The Morgan fingerprint density at radius 1 is 0.769 bits per heavy atom. The maximum absolute atomic E-state index is 13.0. The van der Waals surface area contributed by atoms with Crippen LogP contribution in [0.15, 0.2) is 66.7 Å². The predicted molar refractivity (Wildman–Crippen MR) is 152 cm³/mol. The van der Waals surface area contributed by atoms with Gasteiger partial charge in [-0.1, -0.05) is 24.3 Å². The Hall–Kier alpha value is -4.34. The van der Waals surface area contributed by atoms with Gasteiger partial charge in [-0.15, -0.1) is 15.3 Å². The summed E-state index contributed by atoms with van der Waals surface area (Å²) in [6.45, 7) is 6.68. The Morgan fingerprint density at radius 3 is 2.23 bits per heavy atom. The fourth-order valence-corrected chi connectivity index (χ4v) is 5.38. The Bertz CT molecular complexity index is 1410. The summed E-state index contributed by atoms with van der Waals surface area (Å²) in [4.78, 5) is 21.9. The number of anilines is 3. The van der Waals surface area contributed by atoms with E-state index in [2.05, 4.69) is 61.3 Å². The maximum atomic E-state index is 13.0. The number of nitrogens with zero attached hydrogens (tertiary/aromatic N) is 8. The van der Waals surface area contributed by atoms with Crippen LogP contribution >= 0.6 is 0 Å². The van der Waals surface area contributed by atoms with Gasteiger partial charge in [0, 0.05) is 82.6 Å². The van der Waals surface area contributed by atoms with Crippen LogP contribution in [-0.4, -0.2) is 90.1 Å². The molecule has 2 saturated heterocycles. The molecule has 0 radical (unpaired) electrons. The lowest BCUT2D eigenvalue weighted by Gasteiger charge is -2.36. The third-order valence-corrected chi connectivity index (χ3v) is 7.65. The van der Waals surface area contributed by atoms with Crippen LogP contribution in [0, 0.1) is 0 Å². The molecule has 39 heavy (non-hydrogen) atoms. The van der Waals surface area contributed by atoms with Gasteiger partial charge in [0.25, 0.3) is 0 Å². The van der Waals surface area contributed by atoms with Crippen LogP contribution in [0.5, 0.6) is 5.75 Å². The maximum Gasteiger partial charge on any atom is 0.223 e. The van der Waals surface area contributed by atoms with Gasteiger partial charge in [0.15, 0.2) is 11.5 Å². The van der Waals surface area contributed by atoms with E-state index >= 15 is 0 Å². The lowest BCUT2D eigenvalue weighted by molar-refractivity contribution is -0.131. The second-order valence-electron chi connectivity index (χ2n) is 9.96. The zero-order valence-corrected chi connectivity index (χ0v) is 22.3. The molecule has 1 amide bonds. The van der Waals surface area contributed by atoms with Gasteiger partial charge in [-0.25, -0.2) is 0 Å². The first-order valence-electron chi connectivity index (χ1n) is 13.6. The molecular weight excluding hydrogens is 492 g/mol. The Labute approximate surface area is 228 Å². The fourth-order valence-electron chi connectivity index (χ4n) is 5.38. The summed E-state index contributed by atoms with van der Waals surface area (Å²) in [5, 5.41) is 13.5. The molecule has 4 aromatic rings. The average molecular weight is 527 g/mol. The number of aryl methyl sites for hydroxylation is 1. The van der Waals surface area contributed by atoms with Gasteiger partial charge in [0.2, 0.25) is 5.91 Å². The van der Waals surface area contributed by atoms with Gasteiger partial charge in [0.05, 0.1) is 7.11 Å². The molecule has 0 atom stereocenters. The minimum absolute atomic E-state index is 0.157. The van der Waals surface area contributed by atoms with Gasteiger partial charge in [-0.05, 0) is 36.4 Å². The van der Waals surface area contributed by atoms with E-state index in [0.29, 0.717) is 18.5 Å². The lowest BCUT2D eigenvalue weighted by atomic mass is 10.2. The van der Waals surface area contributed by atoms with Crippen molar-refractivity contribution in [2.75, 3.05) is 74.2 Å². The van der Waals surface area contributed by atoms with Crippen molar-refractivity contribution < 1.29 is 9.53 Å². The topological polar surface area (TPSA) is 82.3 Å². The van der Waals surface area contributed by atoms with Crippen molar-refractivity contribution in [1.29, 1.82) is 0 Å². The molecule has 10 nitrogen and oxygen atoms in total. The number of amides is 1. The van der Waals surface area contributed by atoms with Crippen LogP contribution in [0.3, 0.4) is 0 Å². The molecule has 2 aliphatic heterocycles. The van der Waals surface area contributed by atoms with E-state index in [1.807, 2.05) is 35.2 Å². The highest BCUT2D eigenvalue weighted by Gasteiger charge is 2.23. The minimum Gasteiger partial charge on any atom is -0.497 e. The highest BCUT2D eigenvalue weighted by Crippen LogP contribution is 2.24. The van der Waals surface area contributed by atoms with E-state index in [-0.39, 0.29) is 5.91 Å². The quantitative estimate of drug-likeness (QED) is 0.364. The van der Waals surface area contributed by atoms with Crippen molar-refractivity contribution >= 4 is 28.7 Å². The standard InChI is InChI=1S/C29H34N8O2/c1-39-25-9-5-8-24(22-25)34-14-18-35(19-15-34)28-11-10-26-30-31-27(37(26)32-28)12-13-29(38)36-20-16-33(17-21-36)23-6-3-2-4-7-23/h2-11,22H,12-21H2,1H3. The smallest absolute Gasteiger partial charge is 0.223 e. The van der Waals surface area contributed by atoms with E-state index in [1.165, 1.54) is 11.4 Å². The highest BCUT2D eigenvalue weighted by atomic mass is 16.5. The third kappa shape index (κ3) is 5.45. The number of benzene rings is 2. The van der Waals surface area contributed by atoms with Gasteiger partial charge < -0.3 is 24.3 Å². The number of carbonyl (C=O) groups excluding carboxylic acids is 1. The molecule has 0 bridgehead atoms. The number of piperazine rings is 2. The molecule has 0 aliphatic carbocycles. The molecule has 6 rings (SSSR count). The highest BCUT2D eigenvalue weighted by molar-refractivity contribution is 5.76. The van der Waals surface area contributed by atoms with E-state index < -0.39 is 0 Å². The molecule has 4 heterocycles. The van der Waals surface area contributed by atoms with Crippen molar-refractivity contribution in [1.82, 2.24) is 24.7 Å². The SMILES string of the molecule is COc1cccc(N2CCN(c3ccc4nnc(CCC(=O)N5CCN(c6ccccc6)CC5)n4n3)CC2)c1. The predicted octanol–water partition coefficient (Wildman–Crippen LogP) is 2.74. The molecular formula is C29H34N8O2. The zero-order chi connectivity index (χ0) is 26.6. The molecule has 2 aromatic heterocycles. The molecule has 0 saturated carbocycles. The molecule has 2 aromatic carbocycles. The molecule has 2 fully saturated rings. The number of hydrogen-bond acceptors (Lipinski definition) is 8. The number of hydrogen-bond donors (Lipinski definition) is 0. The van der Waals surface area contributed by atoms with E-state index in [9.17, 15) is 4.79 Å². The molecule has 10 heteroatoms. The number of ether oxygens (including phenoxy) is 1. The molecule has 0 spiro atoms. The molecule has 0 N–H and O–H groups in total. The van der Waals surface area contributed by atoms with Gasteiger partial charge in [-0.2, -0.15) is 4.52 Å². The average Bonchev–Trinajstić information content (AvgIpc) is 3.42. The van der Waals surface area contributed by atoms with Crippen LogP contribution in [-0.2, 0) is 11.2 Å². The summed E-state index contributed by atoms with van der Waals surface area (Å²) in [5.41, 5.74) is 3.08. The summed E-state index contributed by atoms with van der Waals surface area (Å²) in [7, 11) is 1.70. The monoisotopic (exact) mass is 526 g/mol. The second-order valence-corrected chi connectivity index (χ2v) is 9.96. The largest absolute Gasteiger partial charge is 0.497 e. The molecule has 202 valence electrons. The first-order valence-corrected chi connectivity index (χ1v) is 13.6. The van der Waals surface area contributed by atoms with Crippen molar-refractivity contribution in [3.05, 3.63) is 72.6 Å². The first kappa shape index (κ1) is 25.0. The fraction of sp³-hybridized carbons (Fsp3) is 0.379. The minimum atomic E-state index is 0.157. The molecule has 0 unspecified atom stereocenters. The van der Waals surface area contributed by atoms with Crippen LogP contribution in [0.25, 0.3) is 5.65 Å². The summed E-state index contributed by atoms with van der Waals surface area (Å²) in [5.74, 6) is 2.65. The van der Waals surface area contributed by atoms with Gasteiger partial charge in [0.1, 0.15) is 11.6 Å². The Balaban J connectivity index is 1.05. The number of methoxy groups -OCH3 is 1. The summed E-state index contributed by atoms with van der Waals surface area (Å²) in [6.07, 6.45) is 0.913. The van der Waals surface area contributed by atoms with Crippen LogP contribution in [0.2, 0.25) is 0 Å². The number of aromatic nitrogens is 4. The zero-order valence-electron chi connectivity index (χ0n) is 22.3. The summed E-state index contributed by atoms with van der Waals surface area (Å²) in [6, 6.07) is 22.5. The number of rotatable bonds is 7. The van der Waals surface area contributed by atoms with Crippen molar-refractivity contribution in [2.45, 2.75) is 12.8 Å². The van der Waals surface area contributed by atoms with E-state index in [0.717, 1.165) is 69.7 Å². The van der Waals surface area contributed by atoms with Crippen molar-refractivity contribution in [3.63, 3.8) is 0 Å². The van der Waals surface area contributed by atoms with Crippen LogP contribution < -0.4 is 19.4 Å². The van der Waals surface area contributed by atoms with Crippen LogP contribution in [0.4, 0.5) is 17.2 Å². The Kier molecular flexibility index (Phi) is 7.16. The van der Waals surface area contributed by atoms with Crippen molar-refractivity contribution in [3.8, 4) is 5.75 Å². The van der Waals surface area contributed by atoms with E-state index in [1.54, 1.807) is 11.6 Å². The summed E-state index contributed by atoms with van der Waals surface area (Å²) >= 11 is 0. The molecule has 2 aliphatic rings. The number of para-hydroxylation sites is 1. The first-order chi connectivity index (χ1) is 19.2. The van der Waals surface area contributed by atoms with Crippen molar-refractivity contribution in [2.24, 2.45) is 0 Å². The van der Waals surface area contributed by atoms with Gasteiger partial charge >= 0.3 is 0 Å². The summed E-state index contributed by atoms with van der Waals surface area (Å²) < 4.78 is 7.18. The van der Waals surface area contributed by atoms with Gasteiger partial charge in [-0.3, -0.25) is 4.79 Å². The number of fused-ring (bicyclic) bond motifs is 1. The second kappa shape index (κ2) is 11.2. The lowest BCUT2D eigenvalue weighted by Crippen LogP contribution is -2.48. The van der Waals surface area contributed by atoms with Crippen LogP contribution in [0.1, 0.15) is 12.2 Å². The van der Waals surface area contributed by atoms with E-state index in [4.69, 9.17) is 9.84 Å².